The molecular weight excluding hydrogens is 475 g/mol. The van der Waals surface area contributed by atoms with Crippen LogP contribution in [-0.4, -0.2) is 65.2 Å². The van der Waals surface area contributed by atoms with Crippen LogP contribution in [0.4, 0.5) is 13.2 Å². The molecule has 36 heavy (non-hydrogen) atoms. The van der Waals surface area contributed by atoms with Crippen molar-refractivity contribution in [2.75, 3.05) is 26.2 Å². The summed E-state index contributed by atoms with van der Waals surface area (Å²) in [6.45, 7) is 4.59. The molecule has 2 aliphatic rings. The van der Waals surface area contributed by atoms with E-state index in [4.69, 9.17) is 19.9 Å². The van der Waals surface area contributed by atoms with Crippen LogP contribution in [0, 0.1) is 11.3 Å². The Morgan fingerprint density at radius 3 is 2.33 bits per heavy atom. The lowest BCUT2D eigenvalue weighted by molar-refractivity contribution is -0.192. The number of rotatable bonds is 6. The van der Waals surface area contributed by atoms with Gasteiger partial charge in [0, 0.05) is 24.7 Å². The number of benzene rings is 2. The fraction of sp³-hybridized carbons (Fsp3) is 0.423. The van der Waals surface area contributed by atoms with Crippen LogP contribution in [0.3, 0.4) is 0 Å². The van der Waals surface area contributed by atoms with E-state index in [1.54, 1.807) is 6.07 Å². The maximum absolute atomic E-state index is 13.0. The van der Waals surface area contributed by atoms with Crippen molar-refractivity contribution in [2.45, 2.75) is 44.5 Å². The molecule has 0 saturated carbocycles. The number of carboxylic acid groups (broad SMARTS) is 1. The van der Waals surface area contributed by atoms with Crippen LogP contribution in [-0.2, 0) is 11.4 Å². The molecule has 7 nitrogen and oxygen atoms in total. The Morgan fingerprint density at radius 2 is 1.72 bits per heavy atom. The lowest BCUT2D eigenvalue weighted by Gasteiger charge is -2.28. The summed E-state index contributed by atoms with van der Waals surface area (Å²) in [5.74, 6) is -1.91. The molecule has 0 aromatic heterocycles. The summed E-state index contributed by atoms with van der Waals surface area (Å²) < 4.78 is 37.6. The molecular formula is C26H28F3N3O4. The monoisotopic (exact) mass is 503 g/mol. The van der Waals surface area contributed by atoms with Crippen molar-refractivity contribution in [1.29, 1.82) is 5.26 Å². The van der Waals surface area contributed by atoms with Crippen LogP contribution in [0.1, 0.15) is 47.2 Å². The fourth-order valence-electron chi connectivity index (χ4n) is 4.31. The number of ether oxygens (including phenoxy) is 1. The number of carbonyl (C=O) groups is 2. The zero-order valence-electron chi connectivity index (χ0n) is 19.7. The van der Waals surface area contributed by atoms with Gasteiger partial charge in [-0.05, 0) is 80.7 Å². The molecule has 1 atom stereocenters. The number of alkyl halides is 3. The maximum atomic E-state index is 13.0. The molecule has 0 aliphatic carbocycles. The van der Waals surface area contributed by atoms with E-state index in [2.05, 4.69) is 15.9 Å². The Hall–Kier alpha value is -3.58. The van der Waals surface area contributed by atoms with Crippen molar-refractivity contribution in [1.82, 2.24) is 9.80 Å². The average Bonchev–Trinajstić information content (AvgIpc) is 3.55. The lowest BCUT2D eigenvalue weighted by atomic mass is 10.1. The molecule has 10 heteroatoms. The van der Waals surface area contributed by atoms with Crippen molar-refractivity contribution >= 4 is 11.9 Å². The van der Waals surface area contributed by atoms with Crippen LogP contribution in [0.15, 0.2) is 48.5 Å². The molecule has 2 saturated heterocycles. The number of nitrogens with zero attached hydrogens (tertiary/aromatic N) is 3. The fourth-order valence-corrected chi connectivity index (χ4v) is 4.31. The Kier molecular flexibility index (Phi) is 9.31. The Balaban J connectivity index is 0.000000454. The minimum absolute atomic E-state index is 0.125. The smallest absolute Gasteiger partial charge is 0.489 e. The van der Waals surface area contributed by atoms with Crippen LogP contribution >= 0.6 is 0 Å². The first-order valence-electron chi connectivity index (χ1n) is 11.7. The van der Waals surface area contributed by atoms with Gasteiger partial charge in [-0.25, -0.2) is 4.79 Å². The van der Waals surface area contributed by atoms with Gasteiger partial charge in [-0.15, -0.1) is 0 Å². The van der Waals surface area contributed by atoms with Crippen molar-refractivity contribution in [3.05, 3.63) is 65.2 Å². The van der Waals surface area contributed by atoms with E-state index in [0.29, 0.717) is 18.2 Å². The van der Waals surface area contributed by atoms with E-state index in [1.807, 2.05) is 42.5 Å². The van der Waals surface area contributed by atoms with Gasteiger partial charge < -0.3 is 19.6 Å². The number of aliphatic carboxylic acids is 1. The third-order valence-corrected chi connectivity index (χ3v) is 6.11. The van der Waals surface area contributed by atoms with Gasteiger partial charge in [0.05, 0.1) is 11.6 Å². The maximum Gasteiger partial charge on any atom is 0.490 e. The van der Waals surface area contributed by atoms with E-state index in [0.717, 1.165) is 42.8 Å². The molecule has 2 aliphatic heterocycles. The highest BCUT2D eigenvalue weighted by molar-refractivity contribution is 5.94. The second-order valence-electron chi connectivity index (χ2n) is 8.73. The molecule has 2 heterocycles. The number of carbonyl (C=O) groups excluding carboxylic acids is 1. The highest BCUT2D eigenvalue weighted by Crippen LogP contribution is 2.24. The lowest BCUT2D eigenvalue weighted by Crippen LogP contribution is -2.42. The molecule has 0 radical (unpaired) electrons. The zero-order valence-corrected chi connectivity index (χ0v) is 19.7. The standard InChI is InChI=1S/C24H27N3O2.C2HF3O2/c25-16-19-5-3-6-20(15-19)18-29-23-10-8-21(9-11-23)24(28)27-14-4-7-22(27)17-26-12-1-2-13-26;3-2(4,5)1(6)7/h3,5-6,8-11,15,22H,1-2,4,7,12-14,17-18H2;(H,6,7)/t22-;/m0./s1. The SMILES string of the molecule is N#Cc1cccc(COc2ccc(C(=O)N3CCC[C@H]3CN3CCCC3)cc2)c1.O=C(O)C(F)(F)F. The first-order chi connectivity index (χ1) is 17.2. The van der Waals surface area contributed by atoms with E-state index in [9.17, 15) is 18.0 Å². The van der Waals surface area contributed by atoms with Gasteiger partial charge >= 0.3 is 12.1 Å². The summed E-state index contributed by atoms with van der Waals surface area (Å²) in [5.41, 5.74) is 2.30. The van der Waals surface area contributed by atoms with Crippen LogP contribution in [0.2, 0.25) is 0 Å². The number of halogens is 3. The summed E-state index contributed by atoms with van der Waals surface area (Å²) in [5, 5.41) is 16.1. The number of hydrogen-bond donors (Lipinski definition) is 1. The Labute approximate surface area is 207 Å². The van der Waals surface area contributed by atoms with Crippen LogP contribution in [0.25, 0.3) is 0 Å². The summed E-state index contributed by atoms with van der Waals surface area (Å²) in [7, 11) is 0. The number of hydrogen-bond acceptors (Lipinski definition) is 5. The first kappa shape index (κ1) is 27.0. The molecule has 0 unspecified atom stereocenters. The third-order valence-electron chi connectivity index (χ3n) is 6.11. The predicted molar refractivity (Wildman–Crippen MR) is 125 cm³/mol. The minimum Gasteiger partial charge on any atom is -0.489 e. The minimum atomic E-state index is -5.08. The van der Waals surface area contributed by atoms with Crippen molar-refractivity contribution in [3.8, 4) is 11.8 Å². The summed E-state index contributed by atoms with van der Waals surface area (Å²) in [6, 6.07) is 17.3. The van der Waals surface area contributed by atoms with Gasteiger partial charge in [0.15, 0.2) is 0 Å². The van der Waals surface area contributed by atoms with Gasteiger partial charge in [0.2, 0.25) is 0 Å². The normalized spacial score (nSPS) is 17.7. The molecule has 1 amide bonds. The van der Waals surface area contributed by atoms with Crippen molar-refractivity contribution in [3.63, 3.8) is 0 Å². The quantitative estimate of drug-likeness (QED) is 0.625. The Morgan fingerprint density at radius 1 is 1.06 bits per heavy atom. The molecule has 0 spiro atoms. The molecule has 2 fully saturated rings. The topological polar surface area (TPSA) is 93.9 Å². The van der Waals surface area contributed by atoms with Gasteiger partial charge in [-0.2, -0.15) is 18.4 Å². The van der Waals surface area contributed by atoms with E-state index >= 15 is 0 Å². The van der Waals surface area contributed by atoms with Crippen LogP contribution in [0.5, 0.6) is 5.75 Å². The van der Waals surface area contributed by atoms with Gasteiger partial charge in [-0.3, -0.25) is 4.79 Å². The number of carboxylic acids is 1. The summed E-state index contributed by atoms with van der Waals surface area (Å²) in [6.07, 6.45) is -0.329. The molecule has 4 rings (SSSR count). The van der Waals surface area contributed by atoms with Crippen molar-refractivity contribution < 1.29 is 32.6 Å². The average molecular weight is 504 g/mol. The molecule has 1 N–H and O–H groups in total. The number of likely N-dealkylation sites (tertiary alicyclic amines) is 2. The largest absolute Gasteiger partial charge is 0.490 e. The van der Waals surface area contributed by atoms with E-state index in [1.165, 1.54) is 25.9 Å². The molecule has 0 bridgehead atoms. The zero-order chi connectivity index (χ0) is 26.1. The first-order valence-corrected chi connectivity index (χ1v) is 11.7. The predicted octanol–water partition coefficient (Wildman–Crippen LogP) is 4.47. The van der Waals surface area contributed by atoms with Crippen LogP contribution < -0.4 is 4.74 Å². The highest BCUT2D eigenvalue weighted by Gasteiger charge is 2.38. The summed E-state index contributed by atoms with van der Waals surface area (Å²) in [4.78, 5) is 26.5. The molecule has 2 aromatic carbocycles. The third kappa shape index (κ3) is 7.71. The second kappa shape index (κ2) is 12.4. The second-order valence-corrected chi connectivity index (χ2v) is 8.73. The Bertz CT molecular complexity index is 1080. The number of nitriles is 1. The van der Waals surface area contributed by atoms with E-state index in [-0.39, 0.29) is 5.91 Å². The van der Waals surface area contributed by atoms with Crippen molar-refractivity contribution in [2.24, 2.45) is 0 Å². The summed E-state index contributed by atoms with van der Waals surface area (Å²) >= 11 is 0. The molecule has 2 aromatic rings. The number of amides is 1. The van der Waals surface area contributed by atoms with Gasteiger partial charge in [-0.1, -0.05) is 12.1 Å². The van der Waals surface area contributed by atoms with Gasteiger partial charge in [0.1, 0.15) is 12.4 Å². The van der Waals surface area contributed by atoms with Gasteiger partial charge in [0.25, 0.3) is 5.91 Å². The molecule has 192 valence electrons. The highest BCUT2D eigenvalue weighted by atomic mass is 19.4. The van der Waals surface area contributed by atoms with E-state index < -0.39 is 12.1 Å².